The summed E-state index contributed by atoms with van der Waals surface area (Å²) in [5.74, 6) is 0.211. The first-order valence-corrected chi connectivity index (χ1v) is 4.52. The highest BCUT2D eigenvalue weighted by Gasteiger charge is 1.76. The molecular weight excluding hydrogens is 229 g/mol. The van der Waals surface area contributed by atoms with Gasteiger partial charge in [0.2, 0.25) is 0 Å². The van der Waals surface area contributed by atoms with Crippen LogP contribution in [0.4, 0.5) is 0 Å². The topological polar surface area (TPSA) is 33.1 Å². The lowest BCUT2D eigenvalue weighted by atomic mass is 10.5. The van der Waals surface area contributed by atoms with E-state index in [9.17, 15) is 0 Å². The van der Waals surface area contributed by atoms with Gasteiger partial charge in [0.15, 0.2) is 0 Å². The standard InChI is InChI=1S/C5H5NO.CH3I/c7-5-2-1-3-6-4-5;1-2/h1-4,7H;1H3. The molecular formula is C6H8INO. The number of pyridine rings is 1. The third kappa shape index (κ3) is 4.20. The second-order valence-corrected chi connectivity index (χ2v) is 1.21. The highest BCUT2D eigenvalue weighted by Crippen LogP contribution is 1.99. The number of hydrogen-bond acceptors (Lipinski definition) is 2. The molecule has 0 unspecified atom stereocenters. The van der Waals surface area contributed by atoms with Crippen molar-refractivity contribution in [2.45, 2.75) is 0 Å². The van der Waals surface area contributed by atoms with Crippen LogP contribution in [0.25, 0.3) is 0 Å². The molecule has 0 spiro atoms. The van der Waals surface area contributed by atoms with E-state index in [1.54, 1.807) is 18.3 Å². The van der Waals surface area contributed by atoms with Gasteiger partial charge < -0.3 is 5.11 Å². The summed E-state index contributed by atoms with van der Waals surface area (Å²) in [6.07, 6.45) is 3.00. The zero-order valence-corrected chi connectivity index (χ0v) is 7.24. The van der Waals surface area contributed by atoms with E-state index >= 15 is 0 Å². The molecule has 50 valence electrons. The van der Waals surface area contributed by atoms with E-state index in [2.05, 4.69) is 27.6 Å². The highest BCUT2D eigenvalue weighted by atomic mass is 127. The van der Waals surface area contributed by atoms with E-state index in [0.717, 1.165) is 0 Å². The molecule has 1 aromatic rings. The molecule has 0 saturated carbocycles. The molecule has 3 heteroatoms. The van der Waals surface area contributed by atoms with Crippen LogP contribution in [0.3, 0.4) is 0 Å². The molecule has 0 amide bonds. The number of aromatic hydroxyl groups is 1. The quantitative estimate of drug-likeness (QED) is 0.551. The van der Waals surface area contributed by atoms with E-state index in [1.807, 2.05) is 4.93 Å². The smallest absolute Gasteiger partial charge is 0.133 e. The normalized spacial score (nSPS) is 7.33. The Balaban J connectivity index is 0.000000291. The molecule has 1 N–H and O–H groups in total. The Hall–Kier alpha value is -0.320. The lowest BCUT2D eigenvalue weighted by Gasteiger charge is -1.81. The Bertz CT molecular complexity index is 143. The van der Waals surface area contributed by atoms with Crippen LogP contribution < -0.4 is 0 Å². The van der Waals surface area contributed by atoms with Crippen molar-refractivity contribution in [3.05, 3.63) is 24.5 Å². The number of alkyl halides is 1. The van der Waals surface area contributed by atoms with Crippen LogP contribution in [-0.4, -0.2) is 15.0 Å². The van der Waals surface area contributed by atoms with Gasteiger partial charge in [-0.25, -0.2) is 0 Å². The minimum absolute atomic E-state index is 0.211. The van der Waals surface area contributed by atoms with Gasteiger partial charge >= 0.3 is 0 Å². The largest absolute Gasteiger partial charge is 0.506 e. The Morgan fingerprint density at radius 3 is 2.44 bits per heavy atom. The maximum atomic E-state index is 8.57. The van der Waals surface area contributed by atoms with Crippen LogP contribution in [0.5, 0.6) is 5.75 Å². The first-order valence-electron chi connectivity index (χ1n) is 2.36. The third-order valence-electron chi connectivity index (χ3n) is 0.646. The summed E-state index contributed by atoms with van der Waals surface area (Å²) in [7, 11) is 0. The number of halogens is 1. The third-order valence-corrected chi connectivity index (χ3v) is 0.646. The van der Waals surface area contributed by atoms with Gasteiger partial charge in [-0.15, -0.1) is 0 Å². The van der Waals surface area contributed by atoms with Crippen LogP contribution >= 0.6 is 22.6 Å². The zero-order valence-electron chi connectivity index (χ0n) is 5.08. The number of hydrogen-bond donors (Lipinski definition) is 1. The molecule has 0 fully saturated rings. The molecule has 0 radical (unpaired) electrons. The Morgan fingerprint density at radius 1 is 1.56 bits per heavy atom. The second-order valence-electron chi connectivity index (χ2n) is 1.21. The summed E-state index contributed by atoms with van der Waals surface area (Å²) in [6, 6.07) is 3.25. The van der Waals surface area contributed by atoms with E-state index in [0.29, 0.717) is 0 Å². The maximum absolute atomic E-state index is 8.57. The zero-order chi connectivity index (χ0) is 7.11. The van der Waals surface area contributed by atoms with Crippen molar-refractivity contribution in [3.63, 3.8) is 0 Å². The molecule has 2 nitrogen and oxygen atoms in total. The van der Waals surface area contributed by atoms with Gasteiger partial charge in [0.05, 0.1) is 6.20 Å². The molecule has 0 bridgehead atoms. The van der Waals surface area contributed by atoms with Crippen LogP contribution in [0.15, 0.2) is 24.5 Å². The maximum Gasteiger partial charge on any atom is 0.133 e. The summed E-state index contributed by atoms with van der Waals surface area (Å²) < 4.78 is 0. The van der Waals surface area contributed by atoms with Crippen LogP contribution in [0.2, 0.25) is 0 Å². The summed E-state index contributed by atoms with van der Waals surface area (Å²) in [5, 5.41) is 8.57. The number of nitrogens with zero attached hydrogens (tertiary/aromatic N) is 1. The highest BCUT2D eigenvalue weighted by molar-refractivity contribution is 14.1. The van der Waals surface area contributed by atoms with Gasteiger partial charge in [0, 0.05) is 6.20 Å². The van der Waals surface area contributed by atoms with Crippen molar-refractivity contribution >= 4 is 22.6 Å². The molecule has 1 rings (SSSR count). The van der Waals surface area contributed by atoms with E-state index in [-0.39, 0.29) is 5.75 Å². The van der Waals surface area contributed by atoms with Crippen LogP contribution in [0, 0.1) is 0 Å². The van der Waals surface area contributed by atoms with E-state index < -0.39 is 0 Å². The van der Waals surface area contributed by atoms with E-state index in [1.165, 1.54) is 6.20 Å². The number of aromatic nitrogens is 1. The van der Waals surface area contributed by atoms with Crippen molar-refractivity contribution in [1.29, 1.82) is 0 Å². The van der Waals surface area contributed by atoms with Crippen molar-refractivity contribution in [3.8, 4) is 5.75 Å². The predicted molar refractivity (Wildman–Crippen MR) is 45.8 cm³/mol. The van der Waals surface area contributed by atoms with E-state index in [4.69, 9.17) is 5.11 Å². The Labute approximate surface area is 68.1 Å². The van der Waals surface area contributed by atoms with Crippen LogP contribution in [-0.2, 0) is 0 Å². The fourth-order valence-corrected chi connectivity index (χ4v) is 0.354. The SMILES string of the molecule is CI.Oc1cccnc1. The van der Waals surface area contributed by atoms with Crippen molar-refractivity contribution in [2.75, 3.05) is 4.93 Å². The Morgan fingerprint density at radius 2 is 2.22 bits per heavy atom. The molecule has 0 aliphatic carbocycles. The summed E-state index contributed by atoms with van der Waals surface area (Å²) in [4.78, 5) is 5.60. The summed E-state index contributed by atoms with van der Waals surface area (Å²) in [5.41, 5.74) is 0. The van der Waals surface area contributed by atoms with Crippen LogP contribution in [0.1, 0.15) is 0 Å². The van der Waals surface area contributed by atoms with Gasteiger partial charge in [-0.1, -0.05) is 22.6 Å². The van der Waals surface area contributed by atoms with Gasteiger partial charge in [0.25, 0.3) is 0 Å². The second kappa shape index (κ2) is 5.81. The number of rotatable bonds is 0. The Kier molecular flexibility index (Phi) is 5.60. The lowest BCUT2D eigenvalue weighted by molar-refractivity contribution is 0.472. The summed E-state index contributed by atoms with van der Waals surface area (Å²) in [6.45, 7) is 0. The fourth-order valence-electron chi connectivity index (χ4n) is 0.354. The molecule has 0 aliphatic rings. The minimum Gasteiger partial charge on any atom is -0.506 e. The van der Waals surface area contributed by atoms with Crippen molar-refractivity contribution in [1.82, 2.24) is 4.98 Å². The molecule has 0 atom stereocenters. The lowest BCUT2D eigenvalue weighted by Crippen LogP contribution is -1.64. The van der Waals surface area contributed by atoms with Gasteiger partial charge in [-0.3, -0.25) is 4.98 Å². The van der Waals surface area contributed by atoms with Crippen molar-refractivity contribution < 1.29 is 5.11 Å². The molecule has 9 heavy (non-hydrogen) atoms. The first-order chi connectivity index (χ1) is 4.39. The minimum atomic E-state index is 0.211. The fraction of sp³-hybridized carbons (Fsp3) is 0.167. The first kappa shape index (κ1) is 8.68. The average molecular weight is 237 g/mol. The molecule has 0 aromatic carbocycles. The van der Waals surface area contributed by atoms with Gasteiger partial charge in [-0.2, -0.15) is 0 Å². The molecule has 0 saturated heterocycles. The van der Waals surface area contributed by atoms with Gasteiger partial charge in [-0.05, 0) is 17.1 Å². The van der Waals surface area contributed by atoms with Gasteiger partial charge in [0.1, 0.15) is 5.75 Å². The molecule has 0 aliphatic heterocycles. The molecule has 1 heterocycles. The van der Waals surface area contributed by atoms with Crippen molar-refractivity contribution in [2.24, 2.45) is 0 Å². The summed E-state index contributed by atoms with van der Waals surface area (Å²) >= 11 is 2.15. The average Bonchev–Trinajstić information content (AvgIpc) is 1.94. The molecule has 1 aromatic heterocycles. The predicted octanol–water partition coefficient (Wildman–Crippen LogP) is 1.84. The monoisotopic (exact) mass is 237 g/mol.